The number of hydrogen-bond acceptors (Lipinski definition) is 2. The number of hydrogen-bond donors (Lipinski definition) is 0. The Morgan fingerprint density at radius 1 is 1.71 bits per heavy atom. The molecule has 1 unspecified atom stereocenters. The van der Waals surface area contributed by atoms with Crippen molar-refractivity contribution >= 4 is 11.2 Å². The van der Waals surface area contributed by atoms with Gasteiger partial charge in [0.1, 0.15) is 6.26 Å². The Morgan fingerprint density at radius 3 is 2.86 bits per heavy atom. The quantitative estimate of drug-likeness (QED) is 0.430. The molecule has 1 aliphatic heterocycles. The van der Waals surface area contributed by atoms with Crippen LogP contribution < -0.4 is 0 Å². The lowest BCUT2D eigenvalue weighted by atomic mass is 10.8. The molecule has 0 aliphatic carbocycles. The highest BCUT2D eigenvalue weighted by atomic mass is 32.2. The maximum Gasteiger partial charge on any atom is 0.184 e. The Hall–Kier alpha value is -0.150. The maximum atomic E-state index is 10.4. The van der Waals surface area contributed by atoms with Gasteiger partial charge in [0.05, 0.1) is 0 Å². The summed E-state index contributed by atoms with van der Waals surface area (Å²) in [5.41, 5.74) is 0. The summed E-state index contributed by atoms with van der Waals surface area (Å²) < 4.78 is 15.0. The van der Waals surface area contributed by atoms with Crippen molar-refractivity contribution in [1.82, 2.24) is 0 Å². The lowest BCUT2D eigenvalue weighted by Crippen LogP contribution is -2.07. The molecule has 0 aromatic carbocycles. The highest BCUT2D eigenvalue weighted by Crippen LogP contribution is 2.02. The minimum atomic E-state index is -0.801. The van der Waals surface area contributed by atoms with Crippen molar-refractivity contribution in [3.05, 3.63) is 18.3 Å². The van der Waals surface area contributed by atoms with E-state index in [0.29, 0.717) is 5.75 Å². The lowest BCUT2D eigenvalue weighted by Gasteiger charge is -2.07. The molecule has 0 saturated heterocycles. The van der Waals surface area contributed by atoms with Gasteiger partial charge in [-0.25, -0.2) is 0 Å². The van der Waals surface area contributed by atoms with E-state index in [0.717, 1.165) is 0 Å². The topological polar surface area (TPSA) is 32.3 Å². The molecule has 0 bridgehead atoms. The van der Waals surface area contributed by atoms with Crippen molar-refractivity contribution in [1.29, 1.82) is 0 Å². The third kappa shape index (κ3) is 1.41. The van der Waals surface area contributed by atoms with Crippen molar-refractivity contribution in [2.75, 3.05) is 5.75 Å². The van der Waals surface area contributed by atoms with Gasteiger partial charge in [0, 0.05) is 0 Å². The first-order valence-electron chi connectivity index (χ1n) is 1.90. The summed E-state index contributed by atoms with van der Waals surface area (Å²) in [6.07, 6.45) is 1.43. The fourth-order valence-electron chi connectivity index (χ4n) is 0.311. The third-order valence-corrected chi connectivity index (χ3v) is 1.49. The SMILES string of the molecule is [O-][S+]1C=CO[CH]C1. The van der Waals surface area contributed by atoms with E-state index in [4.69, 9.17) is 0 Å². The molecule has 39 valence electrons. The zero-order chi connectivity index (χ0) is 5.11. The van der Waals surface area contributed by atoms with E-state index < -0.39 is 11.2 Å². The molecule has 0 spiro atoms. The smallest absolute Gasteiger partial charge is 0.184 e. The van der Waals surface area contributed by atoms with Gasteiger partial charge in [-0.3, -0.25) is 0 Å². The predicted molar refractivity (Wildman–Crippen MR) is 27.5 cm³/mol. The molecule has 1 aliphatic rings. The molecule has 0 fully saturated rings. The molecule has 7 heavy (non-hydrogen) atoms. The van der Waals surface area contributed by atoms with Gasteiger partial charge in [-0.1, -0.05) is 0 Å². The summed E-state index contributed by atoms with van der Waals surface area (Å²) in [6.45, 7) is 1.52. The second-order valence-electron chi connectivity index (χ2n) is 1.12. The molecule has 1 atom stereocenters. The second kappa shape index (κ2) is 2.23. The molecule has 0 aromatic heterocycles. The molecule has 1 heterocycles. The predicted octanol–water partition coefficient (Wildman–Crippen LogP) is 0.398. The van der Waals surface area contributed by atoms with Crippen LogP contribution in [0.5, 0.6) is 0 Å². The molecule has 0 amide bonds. The average molecular weight is 117 g/mol. The molecule has 2 nitrogen and oxygen atoms in total. The van der Waals surface area contributed by atoms with Crippen LogP contribution in [0, 0.1) is 6.61 Å². The first kappa shape index (κ1) is 5.00. The van der Waals surface area contributed by atoms with Gasteiger partial charge in [0.25, 0.3) is 0 Å². The van der Waals surface area contributed by atoms with Crippen LogP contribution in [-0.4, -0.2) is 10.3 Å². The minimum absolute atomic E-state index is 0.524. The van der Waals surface area contributed by atoms with Gasteiger partial charge >= 0.3 is 0 Å². The molecule has 1 rings (SSSR count). The van der Waals surface area contributed by atoms with Gasteiger partial charge in [0.15, 0.2) is 17.8 Å². The van der Waals surface area contributed by atoms with Crippen LogP contribution in [0.1, 0.15) is 0 Å². The standard InChI is InChI=1S/C4H5O2S/c5-7-3-1-6-2-4-7/h1-3H,4H2. The fourth-order valence-corrected chi connectivity index (χ4v) is 0.823. The highest BCUT2D eigenvalue weighted by Gasteiger charge is 2.05. The van der Waals surface area contributed by atoms with Gasteiger partial charge in [-0.05, 0) is 11.2 Å². The molecule has 0 aromatic rings. The Labute approximate surface area is 45.3 Å². The summed E-state index contributed by atoms with van der Waals surface area (Å²) in [7, 11) is 0. The van der Waals surface area contributed by atoms with Crippen LogP contribution in [-0.2, 0) is 15.9 Å². The normalized spacial score (nSPS) is 29.6. The van der Waals surface area contributed by atoms with E-state index in [1.807, 2.05) is 0 Å². The van der Waals surface area contributed by atoms with Crippen LogP contribution in [0.25, 0.3) is 0 Å². The monoisotopic (exact) mass is 117 g/mol. The molecule has 0 N–H and O–H groups in total. The van der Waals surface area contributed by atoms with E-state index in [9.17, 15) is 4.55 Å². The molecule has 1 radical (unpaired) electrons. The Morgan fingerprint density at radius 2 is 2.57 bits per heavy atom. The summed E-state index contributed by atoms with van der Waals surface area (Å²) >= 11 is -0.801. The van der Waals surface area contributed by atoms with Crippen molar-refractivity contribution in [2.45, 2.75) is 0 Å². The molecule has 3 heteroatoms. The third-order valence-electron chi connectivity index (χ3n) is 0.614. The number of ether oxygens (including phenoxy) is 1. The van der Waals surface area contributed by atoms with Crippen molar-refractivity contribution < 1.29 is 9.29 Å². The van der Waals surface area contributed by atoms with Crippen LogP contribution in [0.4, 0.5) is 0 Å². The Kier molecular flexibility index (Phi) is 1.59. The summed E-state index contributed by atoms with van der Waals surface area (Å²) in [6, 6.07) is 0. The maximum absolute atomic E-state index is 10.4. The molecular formula is C4H5O2S. The highest BCUT2D eigenvalue weighted by molar-refractivity contribution is 7.94. The van der Waals surface area contributed by atoms with E-state index in [-0.39, 0.29) is 0 Å². The van der Waals surface area contributed by atoms with E-state index in [1.54, 1.807) is 0 Å². The van der Waals surface area contributed by atoms with Crippen molar-refractivity contribution in [3.63, 3.8) is 0 Å². The molecular weight excluding hydrogens is 112 g/mol. The van der Waals surface area contributed by atoms with Crippen molar-refractivity contribution in [3.8, 4) is 0 Å². The zero-order valence-electron chi connectivity index (χ0n) is 3.66. The largest absolute Gasteiger partial charge is 0.612 e. The average Bonchev–Trinajstić information content (AvgIpc) is 1.69. The van der Waals surface area contributed by atoms with Crippen LogP contribution >= 0.6 is 0 Å². The molecule has 0 saturated carbocycles. The van der Waals surface area contributed by atoms with Crippen molar-refractivity contribution in [2.24, 2.45) is 0 Å². The Balaban J connectivity index is 2.36. The zero-order valence-corrected chi connectivity index (χ0v) is 4.48. The number of rotatable bonds is 0. The van der Waals surface area contributed by atoms with Gasteiger partial charge < -0.3 is 9.29 Å². The van der Waals surface area contributed by atoms with Gasteiger partial charge in [0.2, 0.25) is 0 Å². The fraction of sp³-hybridized carbons (Fsp3) is 0.250. The summed E-state index contributed by atoms with van der Waals surface area (Å²) in [5, 5.41) is 1.53. The van der Waals surface area contributed by atoms with E-state index >= 15 is 0 Å². The van der Waals surface area contributed by atoms with Crippen LogP contribution in [0.3, 0.4) is 0 Å². The Bertz CT molecular complexity index is 81.8. The minimum Gasteiger partial charge on any atom is -0.612 e. The first-order chi connectivity index (χ1) is 3.39. The second-order valence-corrected chi connectivity index (χ2v) is 2.49. The first-order valence-corrected chi connectivity index (χ1v) is 3.29. The van der Waals surface area contributed by atoms with Crippen LogP contribution in [0.15, 0.2) is 11.7 Å². The van der Waals surface area contributed by atoms with E-state index in [1.165, 1.54) is 18.3 Å². The van der Waals surface area contributed by atoms with Gasteiger partial charge in [-0.2, -0.15) is 0 Å². The lowest BCUT2D eigenvalue weighted by molar-refractivity contribution is 0.338. The summed E-state index contributed by atoms with van der Waals surface area (Å²) in [4.78, 5) is 0. The van der Waals surface area contributed by atoms with E-state index in [2.05, 4.69) is 4.74 Å². The summed E-state index contributed by atoms with van der Waals surface area (Å²) in [5.74, 6) is 0.524. The van der Waals surface area contributed by atoms with Crippen LogP contribution in [0.2, 0.25) is 0 Å². The van der Waals surface area contributed by atoms with Gasteiger partial charge in [-0.15, -0.1) is 0 Å².